The van der Waals surface area contributed by atoms with E-state index in [4.69, 9.17) is 4.74 Å². The van der Waals surface area contributed by atoms with Crippen LogP contribution in [0.3, 0.4) is 0 Å². The summed E-state index contributed by atoms with van der Waals surface area (Å²) < 4.78 is 6.06. The van der Waals surface area contributed by atoms with Crippen molar-refractivity contribution in [2.75, 3.05) is 19.1 Å². The van der Waals surface area contributed by atoms with E-state index in [1.165, 1.54) is 12.0 Å². The number of hydrogen-bond donors (Lipinski definition) is 3. The van der Waals surface area contributed by atoms with Gasteiger partial charge < -0.3 is 14.9 Å². The van der Waals surface area contributed by atoms with E-state index in [0.717, 1.165) is 16.1 Å². The minimum absolute atomic E-state index is 0.00114. The molecular weight excluding hydrogens is 753 g/mol. The monoisotopic (exact) mass is 789 g/mol. The minimum Gasteiger partial charge on any atom is -0.504 e. The number of likely N-dealkylation sites (tertiary alicyclic amines) is 1. The number of carboxylic acid groups (broad SMARTS) is 1. The molecule has 50 heavy (non-hydrogen) atoms. The first-order valence-corrected chi connectivity index (χ1v) is 17.7. The van der Waals surface area contributed by atoms with E-state index in [1.807, 2.05) is 78.1 Å². The van der Waals surface area contributed by atoms with Crippen LogP contribution in [-0.2, 0) is 29.4 Å². The molecule has 2 aliphatic heterocycles. The number of carboxylic acids is 1. The smallest absolute Gasteiger partial charge is 0.303 e. The van der Waals surface area contributed by atoms with Crippen molar-refractivity contribution in [1.29, 1.82) is 0 Å². The summed E-state index contributed by atoms with van der Waals surface area (Å²) in [6, 6.07) is 20.0. The minimum atomic E-state index is -1.46. The number of aliphatic carboxylic acids is 1. The first-order chi connectivity index (χ1) is 24.0. The summed E-state index contributed by atoms with van der Waals surface area (Å²) in [4.78, 5) is 70.2. The number of nitrogens with zero attached hydrogens (tertiary/aromatic N) is 2. The Labute approximate surface area is 302 Å². The maximum absolute atomic E-state index is 15.2. The number of hydrazine groups is 1. The Bertz CT molecular complexity index is 1950. The summed E-state index contributed by atoms with van der Waals surface area (Å²) in [6.45, 7) is 1.94. The number of carbonyl (C=O) groups is 5. The molecule has 2 saturated heterocycles. The Hall–Kier alpha value is -4.72. The van der Waals surface area contributed by atoms with Crippen molar-refractivity contribution in [1.82, 2.24) is 9.91 Å². The molecule has 0 aromatic heterocycles. The van der Waals surface area contributed by atoms with Crippen LogP contribution in [0.1, 0.15) is 48.3 Å². The molecule has 11 nitrogen and oxygen atoms in total. The summed E-state index contributed by atoms with van der Waals surface area (Å²) in [5.74, 6) is -6.17. The topological polar surface area (TPSA) is 154 Å². The third-order valence-corrected chi connectivity index (χ3v) is 11.7. The summed E-state index contributed by atoms with van der Waals surface area (Å²) >= 11 is 2.01. The Morgan fingerprint density at radius 2 is 1.72 bits per heavy atom. The SMILES string of the molecule is COc1cc([C@H]2C3=CC[C@@H]4C(=O)N(CCCC(=O)O)C(=O)[C@@H]4[C@@H]3C[C@H]3C(=O)N(Nc4ccc(C)cc4)C(=O)[C@@]23c2ccccc2)cc(I)c1O. The Balaban J connectivity index is 1.42. The largest absolute Gasteiger partial charge is 0.504 e. The summed E-state index contributed by atoms with van der Waals surface area (Å²) in [7, 11) is 1.44. The Morgan fingerprint density at radius 1 is 1.00 bits per heavy atom. The fourth-order valence-corrected chi connectivity index (χ4v) is 9.34. The van der Waals surface area contributed by atoms with Crippen molar-refractivity contribution >= 4 is 57.9 Å². The molecule has 0 spiro atoms. The van der Waals surface area contributed by atoms with Gasteiger partial charge in [0.2, 0.25) is 11.8 Å². The van der Waals surface area contributed by atoms with Gasteiger partial charge in [-0.2, -0.15) is 5.01 Å². The molecule has 0 radical (unpaired) electrons. The predicted molar refractivity (Wildman–Crippen MR) is 190 cm³/mol. The standard InChI is InChI=1S/C38H36IN3O8/c1-20-10-12-23(13-11-20)40-42-35(47)27-19-26-24(14-15-25-31(26)36(48)41(34(25)46)16-6-9-30(43)44)32(21-17-28(39)33(45)29(18-21)50-2)38(27,37(42)49)22-7-4-3-5-8-22/h3-5,7-8,10-14,17-18,25-27,31-32,40,45H,6,9,15-16,19H2,1-2H3,(H,43,44)/t25-,26+,27-,31-,32-,38+/m0/s1. The van der Waals surface area contributed by atoms with Crippen LogP contribution in [0, 0.1) is 34.2 Å². The number of anilines is 1. The van der Waals surface area contributed by atoms with Crippen molar-refractivity contribution in [3.63, 3.8) is 0 Å². The fraction of sp³-hybridized carbons (Fsp3) is 0.342. The zero-order chi connectivity index (χ0) is 35.5. The summed E-state index contributed by atoms with van der Waals surface area (Å²) in [5, 5.41) is 21.1. The molecule has 1 saturated carbocycles. The maximum Gasteiger partial charge on any atom is 0.303 e. The molecule has 3 N–H and O–H groups in total. The molecule has 2 heterocycles. The highest BCUT2D eigenvalue weighted by molar-refractivity contribution is 14.1. The van der Waals surface area contributed by atoms with Crippen molar-refractivity contribution in [3.05, 3.63) is 98.6 Å². The number of nitrogens with one attached hydrogen (secondary N) is 1. The molecule has 3 fully saturated rings. The van der Waals surface area contributed by atoms with E-state index in [0.29, 0.717) is 20.4 Å². The number of aromatic hydroxyl groups is 1. The van der Waals surface area contributed by atoms with Gasteiger partial charge in [-0.1, -0.05) is 59.7 Å². The van der Waals surface area contributed by atoms with Gasteiger partial charge in [0.25, 0.3) is 11.8 Å². The first-order valence-electron chi connectivity index (χ1n) is 16.6. The molecule has 258 valence electrons. The van der Waals surface area contributed by atoms with Crippen LogP contribution in [0.2, 0.25) is 0 Å². The number of amides is 4. The van der Waals surface area contributed by atoms with Gasteiger partial charge in [0.05, 0.1) is 39.5 Å². The van der Waals surface area contributed by atoms with Gasteiger partial charge in [-0.25, -0.2) is 0 Å². The van der Waals surface area contributed by atoms with Crippen molar-refractivity contribution < 1.29 is 38.9 Å². The number of halogens is 1. The van der Waals surface area contributed by atoms with Gasteiger partial charge in [0, 0.05) is 18.9 Å². The normalized spacial score (nSPS) is 27.1. The number of rotatable bonds is 9. The zero-order valence-corrected chi connectivity index (χ0v) is 29.6. The van der Waals surface area contributed by atoms with Crippen molar-refractivity contribution in [2.45, 2.75) is 43.9 Å². The molecule has 4 aliphatic rings. The lowest BCUT2D eigenvalue weighted by Crippen LogP contribution is -2.53. The van der Waals surface area contributed by atoms with E-state index >= 15 is 4.79 Å². The molecule has 12 heteroatoms. The quantitative estimate of drug-likeness (QED) is 0.152. The van der Waals surface area contributed by atoms with Crippen LogP contribution in [0.5, 0.6) is 11.5 Å². The van der Waals surface area contributed by atoms with Crippen LogP contribution in [0.4, 0.5) is 5.69 Å². The van der Waals surface area contributed by atoms with E-state index in [-0.39, 0.29) is 55.5 Å². The summed E-state index contributed by atoms with van der Waals surface area (Å²) in [6.07, 6.45) is 2.32. The highest BCUT2D eigenvalue weighted by Crippen LogP contribution is 2.64. The van der Waals surface area contributed by atoms with Crippen molar-refractivity contribution in [3.8, 4) is 11.5 Å². The fourth-order valence-electron chi connectivity index (χ4n) is 8.71. The van der Waals surface area contributed by atoms with Gasteiger partial charge in [-0.3, -0.25) is 34.3 Å². The lowest BCUT2D eigenvalue weighted by molar-refractivity contribution is -0.142. The molecule has 6 atom stereocenters. The number of benzene rings is 3. The highest BCUT2D eigenvalue weighted by atomic mass is 127. The number of ether oxygens (including phenoxy) is 1. The lowest BCUT2D eigenvalue weighted by atomic mass is 9.49. The highest BCUT2D eigenvalue weighted by Gasteiger charge is 2.70. The number of methoxy groups -OCH3 is 1. The van der Waals surface area contributed by atoms with Gasteiger partial charge >= 0.3 is 5.97 Å². The number of hydrogen-bond acceptors (Lipinski definition) is 8. The number of aryl methyl sites for hydroxylation is 1. The van der Waals surface area contributed by atoms with Crippen LogP contribution >= 0.6 is 22.6 Å². The van der Waals surface area contributed by atoms with Gasteiger partial charge in [-0.05, 0) is 90.1 Å². The lowest BCUT2D eigenvalue weighted by Gasteiger charge is -2.50. The van der Waals surface area contributed by atoms with E-state index in [1.54, 1.807) is 24.3 Å². The third kappa shape index (κ3) is 5.17. The zero-order valence-electron chi connectivity index (χ0n) is 27.5. The average Bonchev–Trinajstić information content (AvgIpc) is 3.47. The third-order valence-electron chi connectivity index (χ3n) is 10.9. The van der Waals surface area contributed by atoms with Crippen LogP contribution in [0.25, 0.3) is 0 Å². The van der Waals surface area contributed by atoms with E-state index in [9.17, 15) is 29.4 Å². The molecular formula is C38H36IN3O8. The molecule has 2 aliphatic carbocycles. The van der Waals surface area contributed by atoms with Crippen LogP contribution in [-0.4, -0.2) is 63.4 Å². The van der Waals surface area contributed by atoms with Gasteiger partial charge in [0.15, 0.2) is 11.5 Å². The second kappa shape index (κ2) is 12.9. The molecule has 4 amide bonds. The van der Waals surface area contributed by atoms with Crippen LogP contribution < -0.4 is 10.2 Å². The first kappa shape index (κ1) is 33.8. The van der Waals surface area contributed by atoms with E-state index in [2.05, 4.69) is 5.43 Å². The van der Waals surface area contributed by atoms with Gasteiger partial charge in [-0.15, -0.1) is 0 Å². The number of imide groups is 2. The maximum atomic E-state index is 15.2. The molecule has 0 bridgehead atoms. The molecule has 3 aromatic carbocycles. The van der Waals surface area contributed by atoms with Crippen molar-refractivity contribution in [2.24, 2.45) is 23.7 Å². The molecule has 7 rings (SSSR count). The van der Waals surface area contributed by atoms with Crippen LogP contribution in [0.15, 0.2) is 78.4 Å². The number of allylic oxidation sites excluding steroid dienone is 2. The Morgan fingerprint density at radius 3 is 2.40 bits per heavy atom. The second-order valence-corrected chi connectivity index (χ2v) is 14.6. The molecule has 3 aromatic rings. The second-order valence-electron chi connectivity index (χ2n) is 13.5. The summed E-state index contributed by atoms with van der Waals surface area (Å²) in [5.41, 5.74) is 5.24. The Kier molecular flexibility index (Phi) is 8.69. The number of phenolic OH excluding ortho intramolecular Hbond substituents is 1. The molecule has 0 unspecified atom stereocenters. The van der Waals surface area contributed by atoms with Gasteiger partial charge in [0.1, 0.15) is 0 Å². The predicted octanol–water partition coefficient (Wildman–Crippen LogP) is 5.16. The van der Waals surface area contributed by atoms with E-state index < -0.39 is 52.8 Å². The number of fused-ring (bicyclic) bond motifs is 4. The number of carbonyl (C=O) groups excluding carboxylic acids is 4. The number of phenols is 1. The average molecular weight is 790 g/mol.